The van der Waals surface area contributed by atoms with Crippen LogP contribution in [0.2, 0.25) is 0 Å². The van der Waals surface area contributed by atoms with Crippen LogP contribution in [0, 0.1) is 23.0 Å². The van der Waals surface area contributed by atoms with Crippen LogP contribution in [0.4, 0.5) is 17.1 Å². The van der Waals surface area contributed by atoms with E-state index in [1.54, 1.807) is 19.1 Å². The van der Waals surface area contributed by atoms with E-state index in [4.69, 9.17) is 0 Å². The summed E-state index contributed by atoms with van der Waals surface area (Å²) in [6.45, 7) is 3.32. The second-order valence-corrected chi connectivity index (χ2v) is 6.29. The lowest BCUT2D eigenvalue weighted by molar-refractivity contribution is -0.385. The first kappa shape index (κ1) is 17.0. The fourth-order valence-corrected chi connectivity index (χ4v) is 3.23. The lowest BCUT2D eigenvalue weighted by Crippen LogP contribution is -2.38. The Morgan fingerprint density at radius 2 is 1.80 bits per heavy atom. The summed E-state index contributed by atoms with van der Waals surface area (Å²) in [5.74, 6) is -0.130. The summed E-state index contributed by atoms with van der Waals surface area (Å²) >= 11 is 0. The third-order valence-electron chi connectivity index (χ3n) is 4.75. The number of hydrogen-bond donors (Lipinski definition) is 1. The first-order chi connectivity index (χ1) is 12.1. The molecule has 1 heterocycles. The van der Waals surface area contributed by atoms with Crippen molar-refractivity contribution >= 4 is 23.0 Å². The summed E-state index contributed by atoms with van der Waals surface area (Å²) in [5.41, 5.74) is 2.21. The van der Waals surface area contributed by atoms with Crippen molar-refractivity contribution in [2.75, 3.05) is 23.3 Å². The number of rotatable bonds is 4. The van der Waals surface area contributed by atoms with Crippen LogP contribution in [0.5, 0.6) is 0 Å². The SMILES string of the molecule is Cc1c(NC(=O)C2CCN(c3ccccc3)CC2)cccc1[N+](=O)[O-]. The van der Waals surface area contributed by atoms with Crippen molar-refractivity contribution in [1.29, 1.82) is 0 Å². The van der Waals surface area contributed by atoms with Crippen LogP contribution in [0.25, 0.3) is 0 Å². The van der Waals surface area contributed by atoms with Gasteiger partial charge < -0.3 is 10.2 Å². The van der Waals surface area contributed by atoms with Gasteiger partial charge in [-0.1, -0.05) is 24.3 Å². The number of piperidine rings is 1. The molecular weight excluding hydrogens is 318 g/mol. The maximum atomic E-state index is 12.5. The number of nitro groups is 1. The zero-order valence-electron chi connectivity index (χ0n) is 14.1. The molecule has 1 amide bonds. The normalized spacial score (nSPS) is 15.0. The molecule has 0 atom stereocenters. The molecule has 0 unspecified atom stereocenters. The smallest absolute Gasteiger partial charge is 0.274 e. The summed E-state index contributed by atoms with van der Waals surface area (Å²) in [7, 11) is 0. The van der Waals surface area contributed by atoms with Gasteiger partial charge in [0.1, 0.15) is 0 Å². The lowest BCUT2D eigenvalue weighted by atomic mass is 9.95. The highest BCUT2D eigenvalue weighted by Gasteiger charge is 2.26. The van der Waals surface area contributed by atoms with E-state index >= 15 is 0 Å². The van der Waals surface area contributed by atoms with Gasteiger partial charge in [0.15, 0.2) is 0 Å². The van der Waals surface area contributed by atoms with Crippen molar-refractivity contribution in [2.24, 2.45) is 5.92 Å². The van der Waals surface area contributed by atoms with Gasteiger partial charge in [0.05, 0.1) is 16.2 Å². The van der Waals surface area contributed by atoms with Crippen molar-refractivity contribution in [3.63, 3.8) is 0 Å². The number of nitrogens with zero attached hydrogens (tertiary/aromatic N) is 2. The molecule has 0 spiro atoms. The third kappa shape index (κ3) is 3.79. The molecule has 2 aromatic carbocycles. The predicted octanol–water partition coefficient (Wildman–Crippen LogP) is 3.76. The standard InChI is InChI=1S/C19H21N3O3/c1-14-17(8-5-9-18(14)22(24)25)20-19(23)15-10-12-21(13-11-15)16-6-3-2-4-7-16/h2-9,15H,10-13H2,1H3,(H,20,23). The maximum absolute atomic E-state index is 12.5. The number of anilines is 2. The number of benzene rings is 2. The minimum atomic E-state index is -0.427. The molecule has 2 aromatic rings. The van der Waals surface area contributed by atoms with Gasteiger partial charge in [-0.15, -0.1) is 0 Å². The summed E-state index contributed by atoms with van der Waals surface area (Å²) in [6.07, 6.45) is 1.55. The van der Waals surface area contributed by atoms with Crippen molar-refractivity contribution in [2.45, 2.75) is 19.8 Å². The van der Waals surface area contributed by atoms with Gasteiger partial charge in [-0.2, -0.15) is 0 Å². The fraction of sp³-hybridized carbons (Fsp3) is 0.316. The second kappa shape index (κ2) is 7.34. The molecule has 0 aliphatic carbocycles. The maximum Gasteiger partial charge on any atom is 0.274 e. The van der Waals surface area contributed by atoms with E-state index < -0.39 is 4.92 Å². The van der Waals surface area contributed by atoms with Gasteiger partial charge in [0.25, 0.3) is 5.69 Å². The van der Waals surface area contributed by atoms with Crippen molar-refractivity contribution < 1.29 is 9.72 Å². The monoisotopic (exact) mass is 339 g/mol. The second-order valence-electron chi connectivity index (χ2n) is 6.29. The molecule has 1 N–H and O–H groups in total. The van der Waals surface area contributed by atoms with Crippen molar-refractivity contribution in [1.82, 2.24) is 0 Å². The summed E-state index contributed by atoms with van der Waals surface area (Å²) in [4.78, 5) is 25.4. The average molecular weight is 339 g/mol. The van der Waals surface area contributed by atoms with Gasteiger partial charge in [0.2, 0.25) is 5.91 Å². The lowest BCUT2D eigenvalue weighted by Gasteiger charge is -2.33. The van der Waals surface area contributed by atoms with E-state index in [0.29, 0.717) is 11.3 Å². The van der Waals surface area contributed by atoms with Crippen LogP contribution in [-0.4, -0.2) is 23.9 Å². The van der Waals surface area contributed by atoms with E-state index in [9.17, 15) is 14.9 Å². The molecule has 1 fully saturated rings. The van der Waals surface area contributed by atoms with E-state index in [1.807, 2.05) is 18.2 Å². The number of carbonyl (C=O) groups is 1. The van der Waals surface area contributed by atoms with Crippen LogP contribution in [-0.2, 0) is 4.79 Å². The Kier molecular flexibility index (Phi) is 4.97. The van der Waals surface area contributed by atoms with Gasteiger partial charge in [-0.25, -0.2) is 0 Å². The molecule has 130 valence electrons. The van der Waals surface area contributed by atoms with Crippen molar-refractivity contribution in [3.05, 3.63) is 64.2 Å². The third-order valence-corrected chi connectivity index (χ3v) is 4.75. The molecular formula is C19H21N3O3. The zero-order valence-corrected chi connectivity index (χ0v) is 14.1. The molecule has 1 aliphatic rings. The molecule has 0 radical (unpaired) electrons. The van der Waals surface area contributed by atoms with E-state index in [1.165, 1.54) is 11.8 Å². The van der Waals surface area contributed by atoms with Gasteiger partial charge >= 0.3 is 0 Å². The molecule has 0 bridgehead atoms. The Morgan fingerprint density at radius 3 is 2.44 bits per heavy atom. The van der Waals surface area contributed by atoms with E-state index in [0.717, 1.165) is 25.9 Å². The molecule has 0 aromatic heterocycles. The minimum absolute atomic E-state index is 0.0247. The summed E-state index contributed by atoms with van der Waals surface area (Å²) in [5, 5.41) is 13.9. The Hall–Kier alpha value is -2.89. The van der Waals surface area contributed by atoms with Crippen LogP contribution in [0.15, 0.2) is 48.5 Å². The molecule has 6 heteroatoms. The first-order valence-electron chi connectivity index (χ1n) is 8.41. The highest BCUT2D eigenvalue weighted by atomic mass is 16.6. The van der Waals surface area contributed by atoms with Crippen LogP contribution < -0.4 is 10.2 Å². The van der Waals surface area contributed by atoms with E-state index in [-0.39, 0.29) is 17.5 Å². The molecule has 6 nitrogen and oxygen atoms in total. The Morgan fingerprint density at radius 1 is 1.12 bits per heavy atom. The highest BCUT2D eigenvalue weighted by Crippen LogP contribution is 2.27. The molecule has 0 saturated carbocycles. The number of nitro benzene ring substituents is 1. The summed E-state index contributed by atoms with van der Waals surface area (Å²) < 4.78 is 0. The van der Waals surface area contributed by atoms with E-state index in [2.05, 4.69) is 22.3 Å². The van der Waals surface area contributed by atoms with Gasteiger partial charge in [-0.05, 0) is 38.0 Å². The molecule has 3 rings (SSSR count). The quantitative estimate of drug-likeness (QED) is 0.680. The number of carbonyl (C=O) groups excluding carboxylic acids is 1. The highest BCUT2D eigenvalue weighted by molar-refractivity contribution is 5.94. The molecule has 1 saturated heterocycles. The molecule has 25 heavy (non-hydrogen) atoms. The van der Waals surface area contributed by atoms with Gasteiger partial charge in [-0.3, -0.25) is 14.9 Å². The largest absolute Gasteiger partial charge is 0.371 e. The predicted molar refractivity (Wildman–Crippen MR) is 97.8 cm³/mol. The number of nitrogens with one attached hydrogen (secondary N) is 1. The summed E-state index contributed by atoms with van der Waals surface area (Å²) in [6, 6.07) is 14.9. The minimum Gasteiger partial charge on any atom is -0.371 e. The van der Waals surface area contributed by atoms with Crippen molar-refractivity contribution in [3.8, 4) is 0 Å². The van der Waals surface area contributed by atoms with Crippen LogP contribution in [0.1, 0.15) is 18.4 Å². The number of hydrogen-bond acceptors (Lipinski definition) is 4. The zero-order chi connectivity index (χ0) is 17.8. The Bertz CT molecular complexity index is 769. The Balaban J connectivity index is 1.62. The van der Waals surface area contributed by atoms with Gasteiger partial charge in [0, 0.05) is 30.8 Å². The van der Waals surface area contributed by atoms with Crippen LogP contribution >= 0.6 is 0 Å². The fourth-order valence-electron chi connectivity index (χ4n) is 3.23. The first-order valence-corrected chi connectivity index (χ1v) is 8.41. The average Bonchev–Trinajstić information content (AvgIpc) is 2.64. The molecule has 1 aliphatic heterocycles. The number of para-hydroxylation sites is 1. The Labute approximate surface area is 146 Å². The van der Waals surface area contributed by atoms with Crippen LogP contribution in [0.3, 0.4) is 0 Å². The topological polar surface area (TPSA) is 75.5 Å². The number of amides is 1.